The lowest BCUT2D eigenvalue weighted by Gasteiger charge is -2.41. The lowest BCUT2D eigenvalue weighted by Crippen LogP contribution is -2.34. The van der Waals surface area contributed by atoms with E-state index in [-0.39, 0.29) is 5.41 Å². The van der Waals surface area contributed by atoms with Gasteiger partial charge in [-0.3, -0.25) is 0 Å². The minimum atomic E-state index is -0.680. The summed E-state index contributed by atoms with van der Waals surface area (Å²) in [5, 5.41) is 0. The number of hydrogen-bond donors (Lipinski definition) is 0. The smallest absolute Gasteiger partial charge is 0.435 e. The molecular weight excluding hydrogens is 264 g/mol. The van der Waals surface area contributed by atoms with Gasteiger partial charge in [0.25, 0.3) is 0 Å². The normalized spacial score (nSPS) is 24.0. The minimum absolute atomic E-state index is 0.265. The number of ether oxygens (including phenoxy) is 2. The van der Waals surface area contributed by atoms with E-state index in [0.29, 0.717) is 12.5 Å². The Labute approximate surface area is 129 Å². The molecule has 0 spiro atoms. The zero-order valence-electron chi connectivity index (χ0n) is 14.0. The molecule has 3 heteroatoms. The van der Waals surface area contributed by atoms with E-state index >= 15 is 0 Å². The third-order valence-electron chi connectivity index (χ3n) is 4.70. The molecule has 0 aromatic heterocycles. The van der Waals surface area contributed by atoms with Gasteiger partial charge in [-0.2, -0.15) is 0 Å². The standard InChI is InChI=1S/C18H30O3/c1-7-18(6,21-16(19)20-8-2)13-11-15-14(3)10-9-12-17(15,4)5/h7,15H,1,3,8-13H2,2,4-6H3. The van der Waals surface area contributed by atoms with E-state index < -0.39 is 11.8 Å². The van der Waals surface area contributed by atoms with Crippen LogP contribution in [-0.4, -0.2) is 18.4 Å². The number of hydrogen-bond acceptors (Lipinski definition) is 3. The molecule has 0 N–H and O–H groups in total. The summed E-state index contributed by atoms with van der Waals surface area (Å²) in [5.74, 6) is 0.469. The summed E-state index contributed by atoms with van der Waals surface area (Å²) < 4.78 is 10.3. The van der Waals surface area contributed by atoms with Crippen LogP contribution < -0.4 is 0 Å². The molecule has 0 amide bonds. The molecule has 1 aliphatic carbocycles. The monoisotopic (exact) mass is 294 g/mol. The third kappa shape index (κ3) is 4.90. The largest absolute Gasteiger partial charge is 0.509 e. The van der Waals surface area contributed by atoms with Gasteiger partial charge >= 0.3 is 6.16 Å². The second kappa shape index (κ2) is 7.15. The Hall–Kier alpha value is -1.25. The molecule has 0 heterocycles. The zero-order valence-corrected chi connectivity index (χ0v) is 14.0. The number of carbonyl (C=O) groups is 1. The fourth-order valence-corrected chi connectivity index (χ4v) is 3.23. The molecule has 0 aromatic carbocycles. The van der Waals surface area contributed by atoms with E-state index in [1.807, 2.05) is 6.92 Å². The predicted octanol–water partition coefficient (Wildman–Crippen LogP) is 5.27. The first-order valence-corrected chi connectivity index (χ1v) is 7.91. The highest BCUT2D eigenvalue weighted by atomic mass is 16.7. The highest BCUT2D eigenvalue weighted by Gasteiger charge is 2.36. The van der Waals surface area contributed by atoms with Crippen molar-refractivity contribution in [1.82, 2.24) is 0 Å². The van der Waals surface area contributed by atoms with Crippen LogP contribution in [0.25, 0.3) is 0 Å². The molecule has 1 saturated carbocycles. The Morgan fingerprint density at radius 3 is 2.71 bits per heavy atom. The van der Waals surface area contributed by atoms with Crippen molar-refractivity contribution in [2.24, 2.45) is 11.3 Å². The Balaban J connectivity index is 2.66. The van der Waals surface area contributed by atoms with Crippen LogP contribution in [0.3, 0.4) is 0 Å². The van der Waals surface area contributed by atoms with Gasteiger partial charge in [0.05, 0.1) is 6.61 Å². The van der Waals surface area contributed by atoms with Crippen LogP contribution >= 0.6 is 0 Å². The Kier molecular flexibility index (Phi) is 6.06. The molecule has 2 unspecified atom stereocenters. The number of carbonyl (C=O) groups excluding carboxylic acids is 1. The van der Waals surface area contributed by atoms with Crippen LogP contribution in [0, 0.1) is 11.3 Å². The highest BCUT2D eigenvalue weighted by molar-refractivity contribution is 5.60. The third-order valence-corrected chi connectivity index (χ3v) is 4.70. The Morgan fingerprint density at radius 2 is 2.19 bits per heavy atom. The molecule has 120 valence electrons. The molecule has 0 aliphatic heterocycles. The van der Waals surface area contributed by atoms with Gasteiger partial charge in [-0.1, -0.05) is 32.6 Å². The quantitative estimate of drug-likeness (QED) is 0.494. The van der Waals surface area contributed by atoms with Crippen molar-refractivity contribution < 1.29 is 14.3 Å². The van der Waals surface area contributed by atoms with E-state index in [1.54, 1.807) is 13.0 Å². The molecule has 3 nitrogen and oxygen atoms in total. The van der Waals surface area contributed by atoms with Gasteiger partial charge in [-0.05, 0) is 63.4 Å². The van der Waals surface area contributed by atoms with Crippen LogP contribution in [0.4, 0.5) is 4.79 Å². The first-order valence-electron chi connectivity index (χ1n) is 7.91. The summed E-state index contributed by atoms with van der Waals surface area (Å²) in [4.78, 5) is 11.6. The van der Waals surface area contributed by atoms with Crippen molar-refractivity contribution in [2.75, 3.05) is 6.61 Å². The summed E-state index contributed by atoms with van der Waals surface area (Å²) in [7, 11) is 0. The zero-order chi connectivity index (χ0) is 16.1. The van der Waals surface area contributed by atoms with Gasteiger partial charge in [0.2, 0.25) is 0 Å². The highest BCUT2D eigenvalue weighted by Crippen LogP contribution is 2.46. The maximum absolute atomic E-state index is 11.6. The molecule has 1 rings (SSSR count). The molecule has 2 atom stereocenters. The molecular formula is C18H30O3. The summed E-state index contributed by atoms with van der Waals surface area (Å²) in [6, 6.07) is 0. The van der Waals surface area contributed by atoms with Gasteiger partial charge in [-0.15, -0.1) is 0 Å². The fraction of sp³-hybridized carbons (Fsp3) is 0.722. The van der Waals surface area contributed by atoms with E-state index in [1.165, 1.54) is 18.4 Å². The molecule has 0 aromatic rings. The van der Waals surface area contributed by atoms with Gasteiger partial charge in [0.1, 0.15) is 5.60 Å². The molecule has 21 heavy (non-hydrogen) atoms. The van der Waals surface area contributed by atoms with Crippen LogP contribution in [0.2, 0.25) is 0 Å². The van der Waals surface area contributed by atoms with Gasteiger partial charge in [-0.25, -0.2) is 4.79 Å². The van der Waals surface area contributed by atoms with Crippen molar-refractivity contribution >= 4 is 6.16 Å². The van der Waals surface area contributed by atoms with E-state index in [2.05, 4.69) is 27.0 Å². The van der Waals surface area contributed by atoms with Crippen molar-refractivity contribution in [3.05, 3.63) is 24.8 Å². The fourth-order valence-electron chi connectivity index (χ4n) is 3.23. The summed E-state index contributed by atoms with van der Waals surface area (Å²) in [5.41, 5.74) is 0.912. The van der Waals surface area contributed by atoms with Crippen molar-refractivity contribution in [2.45, 2.75) is 65.4 Å². The first kappa shape index (κ1) is 17.8. The average Bonchev–Trinajstić information content (AvgIpc) is 2.37. The van der Waals surface area contributed by atoms with Gasteiger partial charge in [0, 0.05) is 0 Å². The summed E-state index contributed by atoms with van der Waals surface area (Å²) in [6.45, 7) is 16.6. The number of allylic oxidation sites excluding steroid dienone is 1. The topological polar surface area (TPSA) is 35.5 Å². The van der Waals surface area contributed by atoms with Crippen molar-refractivity contribution in [1.29, 1.82) is 0 Å². The first-order chi connectivity index (χ1) is 9.74. The lowest BCUT2D eigenvalue weighted by atomic mass is 9.64. The molecule has 0 saturated heterocycles. The number of rotatable bonds is 6. The maximum Gasteiger partial charge on any atom is 0.509 e. The second-order valence-corrected chi connectivity index (χ2v) is 6.89. The molecule has 1 fully saturated rings. The summed E-state index contributed by atoms with van der Waals surface area (Å²) >= 11 is 0. The maximum atomic E-state index is 11.6. The summed E-state index contributed by atoms with van der Waals surface area (Å²) in [6.07, 6.45) is 6.32. The average molecular weight is 294 g/mol. The SMILES string of the molecule is C=CC(C)(CCC1C(=C)CCCC1(C)C)OC(=O)OCC. The Bertz CT molecular complexity index is 397. The van der Waals surface area contributed by atoms with Crippen molar-refractivity contribution in [3.63, 3.8) is 0 Å². The van der Waals surface area contributed by atoms with Crippen molar-refractivity contribution in [3.8, 4) is 0 Å². The van der Waals surface area contributed by atoms with E-state index in [9.17, 15) is 4.79 Å². The molecule has 0 bridgehead atoms. The molecule has 0 radical (unpaired) electrons. The van der Waals surface area contributed by atoms with Gasteiger partial charge in [0.15, 0.2) is 0 Å². The second-order valence-electron chi connectivity index (χ2n) is 6.89. The van der Waals surface area contributed by atoms with E-state index in [0.717, 1.165) is 19.3 Å². The Morgan fingerprint density at radius 1 is 1.52 bits per heavy atom. The van der Waals surface area contributed by atoms with Crippen LogP contribution in [0.1, 0.15) is 59.8 Å². The van der Waals surface area contributed by atoms with Crippen LogP contribution in [0.5, 0.6) is 0 Å². The van der Waals surface area contributed by atoms with Crippen LogP contribution in [-0.2, 0) is 9.47 Å². The minimum Gasteiger partial charge on any atom is -0.435 e. The van der Waals surface area contributed by atoms with Crippen LogP contribution in [0.15, 0.2) is 24.8 Å². The predicted molar refractivity (Wildman–Crippen MR) is 86.2 cm³/mol. The lowest BCUT2D eigenvalue weighted by molar-refractivity contribution is -0.00828. The van der Waals surface area contributed by atoms with Gasteiger partial charge < -0.3 is 9.47 Å². The molecule has 1 aliphatic rings. The van der Waals surface area contributed by atoms with E-state index in [4.69, 9.17) is 9.47 Å².